The van der Waals surface area contributed by atoms with Gasteiger partial charge >= 0.3 is 35.8 Å². The van der Waals surface area contributed by atoms with E-state index in [2.05, 4.69) is 97.1 Å². The van der Waals surface area contributed by atoms with Crippen molar-refractivity contribution in [2.45, 2.75) is 210 Å². The summed E-state index contributed by atoms with van der Waals surface area (Å²) in [5.41, 5.74) is 19.1. The van der Waals surface area contributed by atoms with Gasteiger partial charge in [0.15, 0.2) is 0 Å². The number of carbonyl (C=O) groups is 6. The predicted octanol–water partition coefficient (Wildman–Crippen LogP) is 16.0. The van der Waals surface area contributed by atoms with E-state index >= 15 is 0 Å². The van der Waals surface area contributed by atoms with Crippen molar-refractivity contribution in [2.24, 2.45) is 0 Å². The highest BCUT2D eigenvalue weighted by Crippen LogP contribution is 2.31. The maximum Gasteiger partial charge on any atom is 0.338 e. The molecule has 0 saturated heterocycles. The molecular formula is C87H92O12. The fraction of sp³-hybridized carbons (Fsp3) is 0.379. The number of carbonyl (C=O) groups excluding carboxylic acids is 6. The SMILES string of the molecule is O=C(CCCCC(=O)OC1Cc2ccccc2C1)OC1Cc2ccccc2C1.O=C(CCCCCCCCC(=O)OC1Cc2ccccc2C1)OC1Cc2ccccc2C1.O=C(OC1Cc2ccccc2C1)c1cccc(C(=O)OC2Cc3ccccc3C2)c1.c1ccc2c(c1)CCC2. The Balaban J connectivity index is 0.000000132. The molecule has 0 unspecified atom stereocenters. The van der Waals surface area contributed by atoms with Gasteiger partial charge in [-0.15, -0.1) is 0 Å². The Morgan fingerprint density at radius 1 is 0.232 bits per heavy atom. The number of benzene rings is 8. The molecule has 99 heavy (non-hydrogen) atoms. The van der Waals surface area contributed by atoms with Gasteiger partial charge in [0.2, 0.25) is 0 Å². The molecule has 0 saturated carbocycles. The number of ether oxygens (including phenoxy) is 6. The van der Waals surface area contributed by atoms with Gasteiger partial charge in [0.05, 0.1) is 11.1 Å². The van der Waals surface area contributed by atoms with Crippen molar-refractivity contribution in [2.75, 3.05) is 0 Å². The first-order valence-electron chi connectivity index (χ1n) is 36.2. The van der Waals surface area contributed by atoms with Crippen LogP contribution in [0.3, 0.4) is 0 Å². The highest BCUT2D eigenvalue weighted by Gasteiger charge is 2.30. The maximum absolute atomic E-state index is 12.6. The molecule has 8 aromatic carbocycles. The first kappa shape index (κ1) is 69.5. The molecule has 12 heteroatoms. The molecule has 8 aromatic rings. The molecule has 0 bridgehead atoms. The minimum Gasteiger partial charge on any atom is -0.462 e. The summed E-state index contributed by atoms with van der Waals surface area (Å²) in [6.45, 7) is 0. The van der Waals surface area contributed by atoms with Crippen molar-refractivity contribution in [1.29, 1.82) is 0 Å². The molecule has 0 heterocycles. The maximum atomic E-state index is 12.6. The molecule has 15 rings (SSSR count). The molecule has 512 valence electrons. The minimum absolute atomic E-state index is 0.0121. The van der Waals surface area contributed by atoms with Crippen LogP contribution in [0, 0.1) is 0 Å². The van der Waals surface area contributed by atoms with Crippen LogP contribution >= 0.6 is 0 Å². The van der Waals surface area contributed by atoms with Crippen LogP contribution in [-0.4, -0.2) is 72.4 Å². The Morgan fingerprint density at radius 2 is 0.424 bits per heavy atom. The lowest BCUT2D eigenvalue weighted by molar-refractivity contribution is -0.151. The number of hydrogen-bond donors (Lipinski definition) is 0. The lowest BCUT2D eigenvalue weighted by atomic mass is 10.1. The third kappa shape index (κ3) is 20.1. The van der Waals surface area contributed by atoms with Crippen molar-refractivity contribution >= 4 is 35.8 Å². The van der Waals surface area contributed by atoms with E-state index in [1.807, 2.05) is 72.8 Å². The number of rotatable bonds is 22. The molecular weight excluding hydrogens is 1240 g/mol. The summed E-state index contributed by atoms with van der Waals surface area (Å²) in [6, 6.07) is 64.7. The van der Waals surface area contributed by atoms with E-state index < -0.39 is 11.9 Å². The third-order valence-corrected chi connectivity index (χ3v) is 20.2. The van der Waals surface area contributed by atoms with Crippen LogP contribution in [0.15, 0.2) is 194 Å². The standard InChI is InChI=1S/C28H34O4.C26H22O4.C24H26O4.C9H10/c29-27(31-25-17-21-11-7-8-12-22(21)18-25)15-5-3-1-2-4-6-16-28(30)32-26-19-23-13-9-10-14-24(23)20-26;27-25(29-23-13-17-6-1-2-7-18(17)14-23)21-10-5-11-22(12-21)26(28)30-24-15-19-8-3-4-9-20(19)16-24;25-23(27-21-13-17-7-1-2-8-18(17)14-21)11-5-6-12-24(26)28-22-15-19-9-3-4-10-20(19)16-22;1-2-5-9-7-3-6-8(9)4-1/h7-14,25-26H,1-6,15-20H2;1-12,23-24H,13-16H2;1-4,7-10,21-22H,5-6,11-16H2;1-2,4-5H,3,6-7H2. The van der Waals surface area contributed by atoms with Gasteiger partial charge in [-0.05, 0) is 141 Å². The first-order chi connectivity index (χ1) is 48.5. The molecule has 0 aromatic heterocycles. The second-order valence-electron chi connectivity index (χ2n) is 27.6. The summed E-state index contributed by atoms with van der Waals surface area (Å²) in [7, 11) is 0. The normalized spacial score (nSPS) is 15.6. The van der Waals surface area contributed by atoms with Crippen molar-refractivity contribution < 1.29 is 57.2 Å². The topological polar surface area (TPSA) is 158 Å². The fourth-order valence-corrected chi connectivity index (χ4v) is 15.1. The van der Waals surface area contributed by atoms with Gasteiger partial charge in [0.25, 0.3) is 0 Å². The number of esters is 6. The summed E-state index contributed by atoms with van der Waals surface area (Å²) in [4.78, 5) is 73.6. The van der Waals surface area contributed by atoms with Gasteiger partial charge in [0, 0.05) is 103 Å². The average molecular weight is 1330 g/mol. The molecule has 0 radical (unpaired) electrons. The second kappa shape index (κ2) is 34.9. The zero-order chi connectivity index (χ0) is 68.1. The smallest absolute Gasteiger partial charge is 0.338 e. The number of fused-ring (bicyclic) bond motifs is 7. The van der Waals surface area contributed by atoms with E-state index in [4.69, 9.17) is 28.4 Å². The number of hydrogen-bond acceptors (Lipinski definition) is 12. The molecule has 0 aliphatic heterocycles. The second-order valence-corrected chi connectivity index (χ2v) is 27.6. The Morgan fingerprint density at radius 3 is 0.657 bits per heavy atom. The van der Waals surface area contributed by atoms with Gasteiger partial charge in [-0.3, -0.25) is 19.2 Å². The predicted molar refractivity (Wildman–Crippen MR) is 381 cm³/mol. The summed E-state index contributed by atoms with van der Waals surface area (Å²) < 4.78 is 33.9. The lowest BCUT2D eigenvalue weighted by Crippen LogP contribution is -2.20. The van der Waals surface area contributed by atoms with Gasteiger partial charge in [-0.1, -0.05) is 202 Å². The molecule has 0 fully saturated rings. The van der Waals surface area contributed by atoms with E-state index in [0.717, 1.165) is 116 Å². The zero-order valence-electron chi connectivity index (χ0n) is 56.9. The van der Waals surface area contributed by atoms with Crippen LogP contribution in [0.4, 0.5) is 0 Å². The highest BCUT2D eigenvalue weighted by atomic mass is 16.6. The first-order valence-corrected chi connectivity index (χ1v) is 36.2. The van der Waals surface area contributed by atoms with Crippen LogP contribution in [0.25, 0.3) is 0 Å². The molecule has 0 amide bonds. The van der Waals surface area contributed by atoms with E-state index in [9.17, 15) is 28.8 Å². The van der Waals surface area contributed by atoms with Gasteiger partial charge < -0.3 is 28.4 Å². The Kier molecular flexibility index (Phi) is 24.5. The monoisotopic (exact) mass is 1330 g/mol. The van der Waals surface area contributed by atoms with E-state index in [1.54, 1.807) is 35.4 Å². The minimum atomic E-state index is -0.407. The Hall–Kier alpha value is -9.42. The van der Waals surface area contributed by atoms with Gasteiger partial charge in [0.1, 0.15) is 36.6 Å². The lowest BCUT2D eigenvalue weighted by Gasteiger charge is -2.13. The molecule has 12 nitrogen and oxygen atoms in total. The van der Waals surface area contributed by atoms with Crippen LogP contribution in [0.1, 0.15) is 182 Å². The largest absolute Gasteiger partial charge is 0.462 e. The van der Waals surface area contributed by atoms with Crippen LogP contribution < -0.4 is 0 Å². The van der Waals surface area contributed by atoms with E-state index in [0.29, 0.717) is 49.7 Å². The molecule has 0 spiro atoms. The Bertz CT molecular complexity index is 3690. The van der Waals surface area contributed by atoms with E-state index in [-0.39, 0.29) is 60.5 Å². The average Bonchev–Trinajstić information content (AvgIpc) is 1.86. The van der Waals surface area contributed by atoms with Crippen LogP contribution in [-0.2, 0) is 137 Å². The quantitative estimate of drug-likeness (QED) is 0.0360. The number of unbranched alkanes of at least 4 members (excludes halogenated alkanes) is 6. The zero-order valence-corrected chi connectivity index (χ0v) is 56.9. The molecule has 0 N–H and O–H groups in total. The summed E-state index contributed by atoms with van der Waals surface area (Å²) >= 11 is 0. The van der Waals surface area contributed by atoms with E-state index in [1.165, 1.54) is 86.0 Å². The summed E-state index contributed by atoms with van der Waals surface area (Å²) in [5, 5.41) is 0. The molecule has 7 aliphatic rings. The number of aryl methyl sites for hydroxylation is 2. The Labute approximate surface area is 583 Å². The third-order valence-electron chi connectivity index (χ3n) is 20.2. The molecule has 7 aliphatic carbocycles. The molecule has 0 atom stereocenters. The van der Waals surface area contributed by atoms with Crippen molar-refractivity contribution in [3.8, 4) is 0 Å². The van der Waals surface area contributed by atoms with Crippen LogP contribution in [0.5, 0.6) is 0 Å². The highest BCUT2D eigenvalue weighted by molar-refractivity contribution is 5.95. The summed E-state index contributed by atoms with van der Waals surface area (Å²) in [5.74, 6) is -1.29. The fourth-order valence-electron chi connectivity index (χ4n) is 15.1. The van der Waals surface area contributed by atoms with Gasteiger partial charge in [-0.2, -0.15) is 0 Å². The summed E-state index contributed by atoms with van der Waals surface area (Å²) in [6.07, 6.45) is 22.1. The van der Waals surface area contributed by atoms with Crippen molar-refractivity contribution in [3.05, 3.63) is 283 Å². The van der Waals surface area contributed by atoms with Crippen molar-refractivity contribution in [3.63, 3.8) is 0 Å². The van der Waals surface area contributed by atoms with Gasteiger partial charge in [-0.25, -0.2) is 9.59 Å². The van der Waals surface area contributed by atoms with Crippen LogP contribution in [0.2, 0.25) is 0 Å². The van der Waals surface area contributed by atoms with Crippen molar-refractivity contribution in [1.82, 2.24) is 0 Å².